The summed E-state index contributed by atoms with van der Waals surface area (Å²) >= 11 is 0. The third-order valence-electron chi connectivity index (χ3n) is 3.74. The molecule has 26 heavy (non-hydrogen) atoms. The SMILES string of the molecule is N#CCc1ccc(Nc2ncc3nnn(-c4cccc(F)c4)c3n2)cc1. The van der Waals surface area contributed by atoms with Crippen LogP contribution in [0.1, 0.15) is 5.56 Å². The van der Waals surface area contributed by atoms with Crippen LogP contribution in [0.4, 0.5) is 16.0 Å². The van der Waals surface area contributed by atoms with Crippen molar-refractivity contribution in [2.45, 2.75) is 6.42 Å². The summed E-state index contributed by atoms with van der Waals surface area (Å²) < 4.78 is 14.9. The average Bonchev–Trinajstić information content (AvgIpc) is 3.07. The molecule has 0 fully saturated rings. The van der Waals surface area contributed by atoms with E-state index in [9.17, 15) is 4.39 Å². The van der Waals surface area contributed by atoms with E-state index in [1.54, 1.807) is 18.3 Å². The molecule has 126 valence electrons. The third-order valence-corrected chi connectivity index (χ3v) is 3.74. The second-order valence-corrected chi connectivity index (χ2v) is 5.54. The van der Waals surface area contributed by atoms with Gasteiger partial charge in [0.1, 0.15) is 5.82 Å². The molecule has 4 rings (SSSR count). The molecule has 2 aromatic heterocycles. The van der Waals surface area contributed by atoms with E-state index in [1.807, 2.05) is 24.3 Å². The first kappa shape index (κ1) is 15.7. The minimum atomic E-state index is -0.365. The molecule has 0 aliphatic carbocycles. The summed E-state index contributed by atoms with van der Waals surface area (Å²) in [5.41, 5.74) is 3.22. The number of hydrogen-bond acceptors (Lipinski definition) is 6. The van der Waals surface area contributed by atoms with Gasteiger partial charge in [-0.15, -0.1) is 5.10 Å². The van der Waals surface area contributed by atoms with Gasteiger partial charge in [0.25, 0.3) is 0 Å². The van der Waals surface area contributed by atoms with Crippen LogP contribution in [-0.2, 0) is 6.42 Å². The van der Waals surface area contributed by atoms with Gasteiger partial charge in [-0.05, 0) is 35.9 Å². The van der Waals surface area contributed by atoms with Crippen molar-refractivity contribution in [3.63, 3.8) is 0 Å². The molecule has 7 nitrogen and oxygen atoms in total. The van der Waals surface area contributed by atoms with Crippen molar-refractivity contribution in [1.82, 2.24) is 25.0 Å². The minimum Gasteiger partial charge on any atom is -0.324 e. The molecular weight excluding hydrogens is 333 g/mol. The number of halogens is 1. The van der Waals surface area contributed by atoms with Crippen LogP contribution >= 0.6 is 0 Å². The van der Waals surface area contributed by atoms with E-state index in [2.05, 4.69) is 31.7 Å². The summed E-state index contributed by atoms with van der Waals surface area (Å²) in [6.45, 7) is 0. The molecule has 4 aromatic rings. The molecule has 8 heteroatoms. The number of nitrogens with one attached hydrogen (secondary N) is 1. The third kappa shape index (κ3) is 3.06. The van der Waals surface area contributed by atoms with Crippen LogP contribution < -0.4 is 5.32 Å². The molecule has 1 N–H and O–H groups in total. The fraction of sp³-hybridized carbons (Fsp3) is 0.0556. The van der Waals surface area contributed by atoms with Crippen molar-refractivity contribution in [2.75, 3.05) is 5.32 Å². The predicted octanol–water partition coefficient (Wildman–Crippen LogP) is 3.16. The molecule has 0 aliphatic heterocycles. The lowest BCUT2D eigenvalue weighted by atomic mass is 10.1. The largest absolute Gasteiger partial charge is 0.324 e. The van der Waals surface area contributed by atoms with Gasteiger partial charge < -0.3 is 5.32 Å². The molecule has 0 spiro atoms. The van der Waals surface area contributed by atoms with Crippen molar-refractivity contribution in [3.05, 3.63) is 66.1 Å². The maximum absolute atomic E-state index is 13.5. The number of rotatable bonds is 4. The number of hydrogen-bond donors (Lipinski definition) is 1. The fourth-order valence-corrected chi connectivity index (χ4v) is 2.50. The summed E-state index contributed by atoms with van der Waals surface area (Å²) in [4.78, 5) is 8.66. The topological polar surface area (TPSA) is 92.3 Å². The van der Waals surface area contributed by atoms with Crippen molar-refractivity contribution < 1.29 is 4.39 Å². The Bertz CT molecular complexity index is 1110. The van der Waals surface area contributed by atoms with Crippen molar-refractivity contribution in [1.29, 1.82) is 5.26 Å². The Morgan fingerprint density at radius 3 is 2.77 bits per heavy atom. The maximum Gasteiger partial charge on any atom is 0.229 e. The fourth-order valence-electron chi connectivity index (χ4n) is 2.50. The zero-order chi connectivity index (χ0) is 17.9. The molecule has 0 saturated heterocycles. The van der Waals surface area contributed by atoms with Crippen LogP contribution in [0.15, 0.2) is 54.7 Å². The Hall–Kier alpha value is -3.86. The maximum atomic E-state index is 13.5. The molecule has 0 atom stereocenters. The second-order valence-electron chi connectivity index (χ2n) is 5.54. The first-order valence-electron chi connectivity index (χ1n) is 7.80. The molecule has 0 aliphatic rings. The van der Waals surface area contributed by atoms with Gasteiger partial charge in [-0.1, -0.05) is 23.4 Å². The van der Waals surface area contributed by atoms with E-state index in [-0.39, 0.29) is 5.82 Å². The van der Waals surface area contributed by atoms with Crippen LogP contribution in [0.2, 0.25) is 0 Å². The van der Waals surface area contributed by atoms with Gasteiger partial charge in [0.05, 0.1) is 24.4 Å². The highest BCUT2D eigenvalue weighted by atomic mass is 19.1. The molecule has 0 unspecified atom stereocenters. The van der Waals surface area contributed by atoms with E-state index in [4.69, 9.17) is 5.26 Å². The summed E-state index contributed by atoms with van der Waals surface area (Å²) in [5.74, 6) is 0.00139. The molecule has 2 aromatic carbocycles. The Labute approximate surface area is 147 Å². The van der Waals surface area contributed by atoms with Gasteiger partial charge in [-0.2, -0.15) is 14.9 Å². The van der Waals surface area contributed by atoms with Gasteiger partial charge in [0.2, 0.25) is 5.95 Å². The quantitative estimate of drug-likeness (QED) is 0.611. The van der Waals surface area contributed by atoms with Crippen LogP contribution in [0.25, 0.3) is 16.9 Å². The summed E-state index contributed by atoms with van der Waals surface area (Å²) in [7, 11) is 0. The Balaban J connectivity index is 1.67. The van der Waals surface area contributed by atoms with Crippen LogP contribution in [0.3, 0.4) is 0 Å². The molecule has 0 amide bonds. The Morgan fingerprint density at radius 1 is 1.15 bits per heavy atom. The predicted molar refractivity (Wildman–Crippen MR) is 93.5 cm³/mol. The molecule has 2 heterocycles. The van der Waals surface area contributed by atoms with Gasteiger partial charge in [-0.25, -0.2) is 9.37 Å². The smallest absolute Gasteiger partial charge is 0.229 e. The number of nitrogens with zero attached hydrogens (tertiary/aromatic N) is 6. The molecule has 0 bridgehead atoms. The zero-order valence-corrected chi connectivity index (χ0v) is 13.5. The van der Waals surface area contributed by atoms with E-state index in [1.165, 1.54) is 16.8 Å². The zero-order valence-electron chi connectivity index (χ0n) is 13.5. The van der Waals surface area contributed by atoms with Gasteiger partial charge in [0.15, 0.2) is 11.2 Å². The highest BCUT2D eigenvalue weighted by Gasteiger charge is 2.11. The van der Waals surface area contributed by atoms with E-state index >= 15 is 0 Å². The van der Waals surface area contributed by atoms with Gasteiger partial charge in [-0.3, -0.25) is 0 Å². The minimum absolute atomic E-state index is 0.362. The number of aromatic nitrogens is 5. The number of nitriles is 1. The lowest BCUT2D eigenvalue weighted by Gasteiger charge is -2.06. The van der Waals surface area contributed by atoms with Gasteiger partial charge >= 0.3 is 0 Å². The molecular formula is C18H12FN7. The normalized spacial score (nSPS) is 10.6. The Morgan fingerprint density at radius 2 is 2.00 bits per heavy atom. The summed E-state index contributed by atoms with van der Waals surface area (Å²) in [6.07, 6.45) is 1.92. The lowest BCUT2D eigenvalue weighted by molar-refractivity contribution is 0.625. The highest BCUT2D eigenvalue weighted by Crippen LogP contribution is 2.18. The summed E-state index contributed by atoms with van der Waals surface area (Å²) in [5, 5.41) is 19.9. The van der Waals surface area contributed by atoms with Crippen LogP contribution in [0.5, 0.6) is 0 Å². The molecule has 0 saturated carbocycles. The number of fused-ring (bicyclic) bond motifs is 1. The lowest BCUT2D eigenvalue weighted by Crippen LogP contribution is -2.01. The highest BCUT2D eigenvalue weighted by molar-refractivity contribution is 5.72. The van der Waals surface area contributed by atoms with Crippen molar-refractivity contribution in [3.8, 4) is 11.8 Å². The van der Waals surface area contributed by atoms with E-state index in [0.29, 0.717) is 29.2 Å². The average molecular weight is 345 g/mol. The van der Waals surface area contributed by atoms with Crippen molar-refractivity contribution >= 4 is 22.8 Å². The number of benzene rings is 2. The van der Waals surface area contributed by atoms with Crippen molar-refractivity contribution in [2.24, 2.45) is 0 Å². The van der Waals surface area contributed by atoms with E-state index in [0.717, 1.165) is 11.3 Å². The van der Waals surface area contributed by atoms with Gasteiger partial charge in [0, 0.05) is 5.69 Å². The standard InChI is InChI=1S/C18H12FN7/c19-13-2-1-3-15(10-13)26-17-16(24-25-26)11-21-18(23-17)22-14-6-4-12(5-7-14)8-9-20/h1-7,10-11H,8H2,(H,21,22,23). The first-order chi connectivity index (χ1) is 12.7. The number of anilines is 2. The Kier molecular flexibility index (Phi) is 3.95. The first-order valence-corrected chi connectivity index (χ1v) is 7.80. The summed E-state index contributed by atoms with van der Waals surface area (Å²) in [6, 6.07) is 15.6. The monoisotopic (exact) mass is 345 g/mol. The second kappa shape index (κ2) is 6.57. The molecule has 0 radical (unpaired) electrons. The van der Waals surface area contributed by atoms with E-state index < -0.39 is 0 Å². The van der Waals surface area contributed by atoms with Crippen LogP contribution in [0, 0.1) is 17.1 Å². The van der Waals surface area contributed by atoms with Crippen LogP contribution in [-0.4, -0.2) is 25.0 Å².